The first-order valence-electron chi connectivity index (χ1n) is 13.4. The van der Waals surface area contributed by atoms with Crippen LogP contribution in [0.3, 0.4) is 0 Å². The molecule has 4 rings (SSSR count). The lowest BCUT2D eigenvalue weighted by atomic mass is 9.59. The second-order valence-corrected chi connectivity index (χ2v) is 10.9. The van der Waals surface area contributed by atoms with E-state index in [4.69, 9.17) is 0 Å². The van der Waals surface area contributed by atoms with Crippen LogP contribution in [0.25, 0.3) is 0 Å². The van der Waals surface area contributed by atoms with Gasteiger partial charge in [0.2, 0.25) is 0 Å². The van der Waals surface area contributed by atoms with Gasteiger partial charge in [-0.25, -0.2) is 0 Å². The van der Waals surface area contributed by atoms with Crippen molar-refractivity contribution in [3.05, 3.63) is 95.7 Å². The Morgan fingerprint density at radius 3 is 2.08 bits per heavy atom. The molecule has 0 saturated carbocycles. The van der Waals surface area contributed by atoms with Crippen molar-refractivity contribution in [2.24, 2.45) is 10.8 Å². The smallest absolute Gasteiger partial charge is 0.310 e. The van der Waals surface area contributed by atoms with Gasteiger partial charge in [-0.05, 0) is 63.2 Å². The van der Waals surface area contributed by atoms with E-state index in [9.17, 15) is 19.8 Å². The monoisotopic (exact) mass is 501 g/mol. The largest absolute Gasteiger partial charge is 0.481 e. The first-order valence-corrected chi connectivity index (χ1v) is 13.4. The van der Waals surface area contributed by atoms with E-state index >= 15 is 0 Å². The molecule has 2 N–H and O–H groups in total. The molecule has 2 aliphatic rings. The lowest BCUT2D eigenvalue weighted by molar-refractivity contribution is -0.158. The lowest BCUT2D eigenvalue weighted by Crippen LogP contribution is -2.54. The van der Waals surface area contributed by atoms with Crippen LogP contribution in [0.2, 0.25) is 0 Å². The third-order valence-electron chi connectivity index (χ3n) is 8.54. The highest BCUT2D eigenvalue weighted by Crippen LogP contribution is 2.49. The van der Waals surface area contributed by atoms with Crippen molar-refractivity contribution in [2.45, 2.75) is 70.9 Å². The third kappa shape index (κ3) is 4.66. The summed E-state index contributed by atoms with van der Waals surface area (Å²) in [6.07, 6.45) is 9.95. The molecule has 196 valence electrons. The molecule has 1 fully saturated rings. The fraction of sp³-hybridized carbons (Fsp3) is 0.438. The summed E-state index contributed by atoms with van der Waals surface area (Å²) in [7, 11) is 0. The minimum atomic E-state index is -1.24. The van der Waals surface area contributed by atoms with Crippen LogP contribution in [0.4, 0.5) is 0 Å². The number of carboxylic acids is 1. The van der Waals surface area contributed by atoms with Crippen LogP contribution >= 0.6 is 0 Å². The fourth-order valence-electron chi connectivity index (χ4n) is 6.11. The van der Waals surface area contributed by atoms with Crippen molar-refractivity contribution in [1.29, 1.82) is 0 Å². The van der Waals surface area contributed by atoms with Crippen molar-refractivity contribution in [1.82, 2.24) is 4.90 Å². The number of aliphatic hydroxyl groups is 1. The zero-order chi connectivity index (χ0) is 26.7. The number of piperidine rings is 1. The normalized spacial score (nSPS) is 22.4. The molecule has 0 spiro atoms. The van der Waals surface area contributed by atoms with Crippen LogP contribution in [0, 0.1) is 10.8 Å². The van der Waals surface area contributed by atoms with E-state index in [0.717, 1.165) is 42.6 Å². The molecule has 37 heavy (non-hydrogen) atoms. The van der Waals surface area contributed by atoms with Crippen molar-refractivity contribution in [3.8, 4) is 0 Å². The predicted molar refractivity (Wildman–Crippen MR) is 146 cm³/mol. The summed E-state index contributed by atoms with van der Waals surface area (Å²) in [6.45, 7) is 6.03. The van der Waals surface area contributed by atoms with Crippen molar-refractivity contribution >= 4 is 11.8 Å². The maximum atomic E-state index is 13.4. The van der Waals surface area contributed by atoms with Crippen LogP contribution in [0.1, 0.15) is 70.4 Å². The average molecular weight is 502 g/mol. The number of likely N-dealkylation sites (tertiary alicyclic amines) is 1. The maximum Gasteiger partial charge on any atom is 0.310 e. The molecule has 1 aliphatic heterocycles. The minimum Gasteiger partial charge on any atom is -0.481 e. The zero-order valence-corrected chi connectivity index (χ0v) is 22.2. The summed E-state index contributed by atoms with van der Waals surface area (Å²) >= 11 is 0. The molecule has 2 aromatic rings. The second-order valence-electron chi connectivity index (χ2n) is 10.9. The number of aliphatic carboxylic acids is 1. The summed E-state index contributed by atoms with van der Waals surface area (Å²) in [5, 5.41) is 22.6. The number of carboxylic acid groups (broad SMARTS) is 1. The number of Topliss-reactive ketones (excluding diaryl/α,β-unsaturated/α-hetero) is 1. The number of carbonyl (C=O) groups excluding carboxylic acids is 1. The van der Waals surface area contributed by atoms with Crippen LogP contribution in [-0.4, -0.2) is 39.5 Å². The van der Waals surface area contributed by atoms with Gasteiger partial charge in [0, 0.05) is 18.7 Å². The molecule has 0 bridgehead atoms. The second kappa shape index (κ2) is 10.7. The molecule has 2 atom stereocenters. The Balaban J connectivity index is 1.76. The third-order valence-corrected chi connectivity index (χ3v) is 8.54. The van der Waals surface area contributed by atoms with E-state index < -0.39 is 22.4 Å². The number of ketones is 1. The van der Waals surface area contributed by atoms with Gasteiger partial charge < -0.3 is 15.1 Å². The number of rotatable bonds is 9. The first kappa shape index (κ1) is 26.9. The van der Waals surface area contributed by atoms with E-state index in [1.165, 1.54) is 0 Å². The Morgan fingerprint density at radius 1 is 1.00 bits per heavy atom. The molecule has 1 saturated heterocycles. The Labute approximate surface area is 220 Å². The molecule has 5 heteroatoms. The van der Waals surface area contributed by atoms with Gasteiger partial charge in [-0.1, -0.05) is 79.7 Å². The van der Waals surface area contributed by atoms with Gasteiger partial charge in [-0.2, -0.15) is 0 Å². The Bertz CT molecular complexity index is 1130. The lowest BCUT2D eigenvalue weighted by Gasteiger charge is -2.49. The fourth-order valence-corrected chi connectivity index (χ4v) is 6.11. The van der Waals surface area contributed by atoms with E-state index in [2.05, 4.69) is 4.90 Å². The highest BCUT2D eigenvalue weighted by Gasteiger charge is 2.53. The van der Waals surface area contributed by atoms with Crippen LogP contribution in [0.5, 0.6) is 0 Å². The summed E-state index contributed by atoms with van der Waals surface area (Å²) in [5.41, 5.74) is -0.941. The quantitative estimate of drug-likeness (QED) is 0.435. The topological polar surface area (TPSA) is 77.8 Å². The van der Waals surface area contributed by atoms with Gasteiger partial charge in [0.1, 0.15) is 11.4 Å². The minimum absolute atomic E-state index is 0.0331. The van der Waals surface area contributed by atoms with Gasteiger partial charge in [0.15, 0.2) is 0 Å². The summed E-state index contributed by atoms with van der Waals surface area (Å²) in [4.78, 5) is 27.9. The Hall–Kier alpha value is -3.18. The SMILES string of the molecule is CCCC(=O)C1(C(C)(C)C(=O)O)C=CC(N2CCCCC2C(O)(c2ccccc2)c2ccccc2)=CC1. The molecule has 0 amide bonds. The molecular weight excluding hydrogens is 462 g/mol. The molecule has 1 aliphatic carbocycles. The van der Waals surface area contributed by atoms with E-state index in [0.29, 0.717) is 19.3 Å². The predicted octanol–water partition coefficient (Wildman–Crippen LogP) is 6.09. The highest BCUT2D eigenvalue weighted by atomic mass is 16.4. The van der Waals surface area contributed by atoms with Gasteiger partial charge in [0.25, 0.3) is 0 Å². The molecule has 1 heterocycles. The number of allylic oxidation sites excluding steroid dienone is 3. The van der Waals surface area contributed by atoms with Gasteiger partial charge >= 0.3 is 5.97 Å². The number of carbonyl (C=O) groups is 2. The summed E-state index contributed by atoms with van der Waals surface area (Å²) in [6, 6.07) is 19.4. The van der Waals surface area contributed by atoms with E-state index in [-0.39, 0.29) is 11.8 Å². The standard InChI is InChI=1S/C32H39NO4/c1-4-13-28(34)31(30(2,3)29(35)36)21-19-26(20-22-31)33-23-12-11-18-27(33)32(37,24-14-7-5-8-15-24)25-16-9-6-10-17-25/h5-10,14-17,19-21,27,37H,4,11-13,18,22-23H2,1-3H3,(H,35,36). The molecule has 2 unspecified atom stereocenters. The molecule has 5 nitrogen and oxygen atoms in total. The van der Waals surface area contributed by atoms with E-state index in [1.54, 1.807) is 13.8 Å². The summed E-state index contributed by atoms with van der Waals surface area (Å²) in [5.74, 6) is -1.01. The van der Waals surface area contributed by atoms with Gasteiger partial charge in [-0.3, -0.25) is 9.59 Å². The first-order chi connectivity index (χ1) is 17.7. The summed E-state index contributed by atoms with van der Waals surface area (Å²) < 4.78 is 0. The van der Waals surface area contributed by atoms with Crippen molar-refractivity contribution in [3.63, 3.8) is 0 Å². The van der Waals surface area contributed by atoms with Crippen molar-refractivity contribution in [2.75, 3.05) is 6.54 Å². The number of hydrogen-bond donors (Lipinski definition) is 2. The molecule has 0 radical (unpaired) electrons. The maximum absolute atomic E-state index is 13.4. The Morgan fingerprint density at radius 2 is 1.59 bits per heavy atom. The zero-order valence-electron chi connectivity index (χ0n) is 22.2. The molecule has 0 aromatic heterocycles. The highest BCUT2D eigenvalue weighted by molar-refractivity contribution is 5.94. The van der Waals surface area contributed by atoms with Crippen LogP contribution in [-0.2, 0) is 15.2 Å². The van der Waals surface area contributed by atoms with Gasteiger partial charge in [-0.15, -0.1) is 0 Å². The number of hydrogen-bond acceptors (Lipinski definition) is 4. The number of benzene rings is 2. The van der Waals surface area contributed by atoms with E-state index in [1.807, 2.05) is 85.8 Å². The average Bonchev–Trinajstić information content (AvgIpc) is 2.93. The van der Waals surface area contributed by atoms with Gasteiger partial charge in [0.05, 0.1) is 16.9 Å². The number of nitrogens with zero attached hydrogens (tertiary/aromatic N) is 1. The van der Waals surface area contributed by atoms with Crippen LogP contribution < -0.4 is 0 Å². The van der Waals surface area contributed by atoms with Crippen molar-refractivity contribution < 1.29 is 19.8 Å². The Kier molecular flexibility index (Phi) is 7.75. The molecular formula is C32H39NO4. The van der Waals surface area contributed by atoms with Crippen LogP contribution in [0.15, 0.2) is 84.6 Å². The molecule has 2 aromatic carbocycles.